The number of carbonyl (C=O) groups is 1. The quantitative estimate of drug-likeness (QED) is 0.578. The van der Waals surface area contributed by atoms with Crippen LogP contribution in [-0.4, -0.2) is 30.8 Å². The van der Waals surface area contributed by atoms with Crippen LogP contribution in [0, 0.1) is 0 Å². The second-order valence-corrected chi connectivity index (χ2v) is 7.18. The van der Waals surface area contributed by atoms with E-state index in [0.29, 0.717) is 18.2 Å². The summed E-state index contributed by atoms with van der Waals surface area (Å²) >= 11 is 0. The number of unbranched alkanes of at least 4 members (excludes halogenated alkanes) is 1. The summed E-state index contributed by atoms with van der Waals surface area (Å²) < 4.78 is 0. The van der Waals surface area contributed by atoms with E-state index in [4.69, 9.17) is 0 Å². The molecule has 0 radical (unpaired) electrons. The summed E-state index contributed by atoms with van der Waals surface area (Å²) in [5.74, 6) is 0.334. The van der Waals surface area contributed by atoms with Gasteiger partial charge in [-0.2, -0.15) is 0 Å². The van der Waals surface area contributed by atoms with Crippen LogP contribution in [0.15, 0.2) is 60.7 Å². The van der Waals surface area contributed by atoms with E-state index in [2.05, 4.69) is 57.1 Å². The molecular weight excluding hydrogens is 342 g/mol. The van der Waals surface area contributed by atoms with Crippen LogP contribution in [0.25, 0.3) is 0 Å². The summed E-state index contributed by atoms with van der Waals surface area (Å²) in [6.07, 6.45) is 3.39. The number of Topliss-reactive ketones (excluding diaryl/α,β-unsaturated/α-hetero) is 1. The fraction of sp³-hybridized carbons (Fsp3) is 0.435. The molecule has 0 spiro atoms. The molecular formula is C23H32ClNO. The molecule has 0 amide bonds. The van der Waals surface area contributed by atoms with Crippen LogP contribution >= 0.6 is 12.4 Å². The lowest BCUT2D eigenvalue weighted by molar-refractivity contribution is -0.124. The van der Waals surface area contributed by atoms with Crippen LogP contribution in [0.5, 0.6) is 0 Å². The van der Waals surface area contributed by atoms with Gasteiger partial charge in [0.05, 0.1) is 5.41 Å². The Labute approximate surface area is 165 Å². The third kappa shape index (κ3) is 4.96. The molecule has 142 valence electrons. The minimum absolute atomic E-state index is 0. The number of benzene rings is 2. The predicted octanol–water partition coefficient (Wildman–Crippen LogP) is 5.49. The average molecular weight is 374 g/mol. The first-order valence-corrected chi connectivity index (χ1v) is 9.33. The molecule has 0 fully saturated rings. The summed E-state index contributed by atoms with van der Waals surface area (Å²) in [6.45, 7) is 4.34. The average Bonchev–Trinajstić information content (AvgIpc) is 2.65. The Bertz CT molecular complexity index is 615. The Morgan fingerprint density at radius 3 is 1.81 bits per heavy atom. The van der Waals surface area contributed by atoms with Crippen LogP contribution in [0.4, 0.5) is 0 Å². The summed E-state index contributed by atoms with van der Waals surface area (Å²) in [5.41, 5.74) is 1.63. The van der Waals surface area contributed by atoms with Gasteiger partial charge in [-0.1, -0.05) is 74.0 Å². The van der Waals surface area contributed by atoms with Crippen LogP contribution in [0.1, 0.15) is 50.7 Å². The molecule has 0 aromatic heterocycles. The Morgan fingerprint density at radius 2 is 1.42 bits per heavy atom. The largest absolute Gasteiger partial charge is 0.307 e. The molecule has 2 aromatic rings. The maximum atomic E-state index is 13.6. The Hall–Kier alpha value is -1.64. The van der Waals surface area contributed by atoms with Gasteiger partial charge in [-0.25, -0.2) is 0 Å². The number of carbonyl (C=O) groups excluding carboxylic acids is 1. The lowest BCUT2D eigenvalue weighted by Gasteiger charge is -2.38. The SMILES string of the molecule is CCCCC(=O)C(CC(C)N(C)C)(c1ccccc1)c1ccccc1.Cl. The van der Waals surface area contributed by atoms with Gasteiger partial charge in [0.2, 0.25) is 0 Å². The number of rotatable bonds is 9. The van der Waals surface area contributed by atoms with Crippen molar-refractivity contribution < 1.29 is 4.79 Å². The van der Waals surface area contributed by atoms with E-state index in [1.165, 1.54) is 0 Å². The predicted molar refractivity (Wildman–Crippen MR) is 113 cm³/mol. The van der Waals surface area contributed by atoms with Crippen molar-refractivity contribution in [1.82, 2.24) is 4.90 Å². The van der Waals surface area contributed by atoms with E-state index < -0.39 is 5.41 Å². The first kappa shape index (κ1) is 22.4. The molecule has 0 heterocycles. The topological polar surface area (TPSA) is 20.3 Å². The maximum Gasteiger partial charge on any atom is 0.147 e. The van der Waals surface area contributed by atoms with Crippen LogP contribution in [0.3, 0.4) is 0 Å². The molecule has 1 unspecified atom stereocenters. The highest BCUT2D eigenvalue weighted by atomic mass is 35.5. The molecule has 0 saturated carbocycles. The minimum atomic E-state index is -0.582. The van der Waals surface area contributed by atoms with Crippen molar-refractivity contribution in [3.63, 3.8) is 0 Å². The third-order valence-electron chi connectivity index (χ3n) is 5.25. The highest BCUT2D eigenvalue weighted by Gasteiger charge is 2.42. The zero-order valence-corrected chi connectivity index (χ0v) is 17.3. The van der Waals surface area contributed by atoms with E-state index in [9.17, 15) is 4.79 Å². The number of ketones is 1. The van der Waals surface area contributed by atoms with E-state index in [1.54, 1.807) is 0 Å². The Balaban J connectivity index is 0.00000338. The Morgan fingerprint density at radius 1 is 0.962 bits per heavy atom. The van der Waals surface area contributed by atoms with Gasteiger partial charge >= 0.3 is 0 Å². The highest BCUT2D eigenvalue weighted by molar-refractivity contribution is 5.94. The summed E-state index contributed by atoms with van der Waals surface area (Å²) in [5, 5.41) is 0. The van der Waals surface area contributed by atoms with Crippen LogP contribution in [-0.2, 0) is 10.2 Å². The highest BCUT2D eigenvalue weighted by Crippen LogP contribution is 2.39. The number of halogens is 1. The van der Waals surface area contributed by atoms with Crippen molar-refractivity contribution in [3.05, 3.63) is 71.8 Å². The van der Waals surface area contributed by atoms with Crippen molar-refractivity contribution in [2.75, 3.05) is 14.1 Å². The molecule has 26 heavy (non-hydrogen) atoms. The van der Waals surface area contributed by atoms with E-state index >= 15 is 0 Å². The van der Waals surface area contributed by atoms with Crippen LogP contribution < -0.4 is 0 Å². The van der Waals surface area contributed by atoms with Crippen molar-refractivity contribution in [1.29, 1.82) is 0 Å². The molecule has 0 aliphatic carbocycles. The lowest BCUT2D eigenvalue weighted by Crippen LogP contribution is -2.43. The molecule has 0 aliphatic rings. The summed E-state index contributed by atoms with van der Waals surface area (Å²) in [6, 6.07) is 20.9. The number of hydrogen-bond donors (Lipinski definition) is 0. The van der Waals surface area contributed by atoms with Gasteiger partial charge in [0.25, 0.3) is 0 Å². The van der Waals surface area contributed by atoms with Gasteiger partial charge in [-0.05, 0) is 45.0 Å². The number of nitrogens with zero attached hydrogens (tertiary/aromatic N) is 1. The normalized spacial score (nSPS) is 12.5. The van der Waals surface area contributed by atoms with E-state index in [0.717, 1.165) is 30.4 Å². The summed E-state index contributed by atoms with van der Waals surface area (Å²) in [4.78, 5) is 15.8. The zero-order chi connectivity index (χ0) is 18.3. The number of hydrogen-bond acceptors (Lipinski definition) is 2. The molecule has 3 heteroatoms. The Kier molecular flexibility index (Phi) is 9.04. The third-order valence-corrected chi connectivity index (χ3v) is 5.25. The lowest BCUT2D eigenvalue weighted by atomic mass is 9.66. The minimum Gasteiger partial charge on any atom is -0.307 e. The molecule has 0 aliphatic heterocycles. The van der Waals surface area contributed by atoms with Crippen molar-refractivity contribution >= 4 is 18.2 Å². The molecule has 2 rings (SSSR count). The first-order valence-electron chi connectivity index (χ1n) is 9.33. The maximum absolute atomic E-state index is 13.6. The van der Waals surface area contributed by atoms with Gasteiger partial charge in [0.1, 0.15) is 5.78 Å². The molecule has 1 atom stereocenters. The molecule has 0 bridgehead atoms. The van der Waals surface area contributed by atoms with Crippen molar-refractivity contribution in [3.8, 4) is 0 Å². The first-order chi connectivity index (χ1) is 12.0. The van der Waals surface area contributed by atoms with Crippen molar-refractivity contribution in [2.45, 2.75) is 51.0 Å². The van der Waals surface area contributed by atoms with Gasteiger partial charge < -0.3 is 4.90 Å². The van der Waals surface area contributed by atoms with E-state index in [1.807, 2.05) is 36.4 Å². The van der Waals surface area contributed by atoms with E-state index in [-0.39, 0.29) is 12.4 Å². The van der Waals surface area contributed by atoms with Crippen LogP contribution in [0.2, 0.25) is 0 Å². The molecule has 2 nitrogen and oxygen atoms in total. The van der Waals surface area contributed by atoms with Gasteiger partial charge in [0, 0.05) is 12.5 Å². The standard InChI is InChI=1S/C23H31NO.ClH/c1-5-6-17-22(25)23(18-19(2)24(3)4,20-13-9-7-10-14-20)21-15-11-8-12-16-21;/h7-16,19H,5-6,17-18H2,1-4H3;1H. The monoisotopic (exact) mass is 373 g/mol. The fourth-order valence-corrected chi connectivity index (χ4v) is 3.46. The fourth-order valence-electron chi connectivity index (χ4n) is 3.46. The molecule has 2 aromatic carbocycles. The smallest absolute Gasteiger partial charge is 0.147 e. The zero-order valence-electron chi connectivity index (χ0n) is 16.4. The van der Waals surface area contributed by atoms with Gasteiger partial charge in [-0.15, -0.1) is 12.4 Å². The molecule has 0 N–H and O–H groups in total. The van der Waals surface area contributed by atoms with Crippen molar-refractivity contribution in [2.24, 2.45) is 0 Å². The van der Waals surface area contributed by atoms with Gasteiger partial charge in [-0.3, -0.25) is 4.79 Å². The summed E-state index contributed by atoms with van der Waals surface area (Å²) in [7, 11) is 4.17. The second-order valence-electron chi connectivity index (χ2n) is 7.18. The molecule has 0 saturated heterocycles. The second kappa shape index (κ2) is 10.5. The van der Waals surface area contributed by atoms with Gasteiger partial charge in [0.15, 0.2) is 0 Å².